The van der Waals surface area contributed by atoms with E-state index in [2.05, 4.69) is 4.90 Å². The van der Waals surface area contributed by atoms with Crippen LogP contribution in [0.1, 0.15) is 29.8 Å². The van der Waals surface area contributed by atoms with Gasteiger partial charge in [0.25, 0.3) is 5.91 Å². The van der Waals surface area contributed by atoms with Crippen molar-refractivity contribution in [2.24, 2.45) is 11.8 Å². The Balaban J connectivity index is 1.60. The first kappa shape index (κ1) is 17.9. The molecule has 25 heavy (non-hydrogen) atoms. The molecule has 1 amide bonds. The highest BCUT2D eigenvalue weighted by atomic mass is 16.5. The molecule has 0 aromatic carbocycles. The van der Waals surface area contributed by atoms with E-state index in [1.54, 1.807) is 17.0 Å². The second kappa shape index (κ2) is 8.49. The first-order valence-corrected chi connectivity index (χ1v) is 8.98. The first-order valence-electron chi connectivity index (χ1n) is 8.98. The van der Waals surface area contributed by atoms with Crippen LogP contribution in [0.2, 0.25) is 0 Å². The van der Waals surface area contributed by atoms with Crippen molar-refractivity contribution in [1.29, 1.82) is 0 Å². The summed E-state index contributed by atoms with van der Waals surface area (Å²) in [5.41, 5.74) is 0. The molecule has 0 saturated carbocycles. The molecule has 7 heteroatoms. The van der Waals surface area contributed by atoms with Crippen LogP contribution in [0.3, 0.4) is 0 Å². The zero-order chi connectivity index (χ0) is 17.6. The van der Waals surface area contributed by atoms with Crippen LogP contribution in [0.25, 0.3) is 0 Å². The zero-order valence-corrected chi connectivity index (χ0v) is 14.4. The molecule has 1 aromatic rings. The van der Waals surface area contributed by atoms with Gasteiger partial charge in [0.1, 0.15) is 0 Å². The van der Waals surface area contributed by atoms with Crippen molar-refractivity contribution in [2.75, 3.05) is 45.9 Å². The Hall–Kier alpha value is -1.86. The highest BCUT2D eigenvalue weighted by Gasteiger charge is 2.33. The molecule has 0 bridgehead atoms. The zero-order valence-electron chi connectivity index (χ0n) is 14.4. The van der Waals surface area contributed by atoms with Gasteiger partial charge in [0.05, 0.1) is 19.5 Å². The lowest BCUT2D eigenvalue weighted by atomic mass is 9.81. The van der Waals surface area contributed by atoms with E-state index in [1.165, 1.54) is 6.26 Å². The van der Waals surface area contributed by atoms with E-state index in [9.17, 15) is 14.7 Å². The molecule has 3 rings (SSSR count). The summed E-state index contributed by atoms with van der Waals surface area (Å²) in [6, 6.07) is 3.38. The normalized spacial score (nSPS) is 25.0. The highest BCUT2D eigenvalue weighted by molar-refractivity contribution is 5.91. The Kier molecular flexibility index (Phi) is 6.09. The summed E-state index contributed by atoms with van der Waals surface area (Å²) < 4.78 is 10.6. The van der Waals surface area contributed by atoms with Crippen molar-refractivity contribution >= 4 is 11.9 Å². The number of carbonyl (C=O) groups excluding carboxylic acids is 1. The van der Waals surface area contributed by atoms with Gasteiger partial charge in [0.2, 0.25) is 0 Å². The van der Waals surface area contributed by atoms with Crippen LogP contribution in [-0.2, 0) is 9.53 Å². The largest absolute Gasteiger partial charge is 0.481 e. The average Bonchev–Trinajstić information content (AvgIpc) is 3.15. The number of nitrogens with zero attached hydrogens (tertiary/aromatic N) is 2. The molecule has 0 aliphatic carbocycles. The third-order valence-corrected chi connectivity index (χ3v) is 5.27. The Morgan fingerprint density at radius 2 is 2.00 bits per heavy atom. The number of ether oxygens (including phenoxy) is 1. The van der Waals surface area contributed by atoms with E-state index >= 15 is 0 Å². The summed E-state index contributed by atoms with van der Waals surface area (Å²) in [5, 5.41) is 9.20. The lowest BCUT2D eigenvalue weighted by molar-refractivity contribution is -0.139. The van der Waals surface area contributed by atoms with Gasteiger partial charge in [-0.3, -0.25) is 14.5 Å². The Labute approximate surface area is 147 Å². The van der Waals surface area contributed by atoms with Crippen molar-refractivity contribution in [1.82, 2.24) is 9.80 Å². The van der Waals surface area contributed by atoms with Gasteiger partial charge in [-0.25, -0.2) is 0 Å². The van der Waals surface area contributed by atoms with E-state index in [0.717, 1.165) is 45.7 Å². The fourth-order valence-corrected chi connectivity index (χ4v) is 3.81. The second-order valence-corrected chi connectivity index (χ2v) is 6.88. The van der Waals surface area contributed by atoms with Crippen molar-refractivity contribution in [3.8, 4) is 0 Å². The van der Waals surface area contributed by atoms with Gasteiger partial charge in [-0.15, -0.1) is 0 Å². The molecule has 0 radical (unpaired) electrons. The lowest BCUT2D eigenvalue weighted by Crippen LogP contribution is -2.46. The van der Waals surface area contributed by atoms with Crippen molar-refractivity contribution in [2.45, 2.75) is 19.3 Å². The molecule has 7 nitrogen and oxygen atoms in total. The minimum Gasteiger partial charge on any atom is -0.481 e. The molecule has 2 saturated heterocycles. The van der Waals surface area contributed by atoms with Crippen molar-refractivity contribution in [3.63, 3.8) is 0 Å². The maximum atomic E-state index is 12.5. The van der Waals surface area contributed by atoms with Crippen LogP contribution in [0.5, 0.6) is 0 Å². The monoisotopic (exact) mass is 350 g/mol. The molecule has 2 unspecified atom stereocenters. The van der Waals surface area contributed by atoms with E-state index in [0.29, 0.717) is 18.8 Å². The minimum absolute atomic E-state index is 0.102. The summed E-state index contributed by atoms with van der Waals surface area (Å²) in [6.07, 6.45) is 3.31. The topological polar surface area (TPSA) is 83.2 Å². The van der Waals surface area contributed by atoms with Crippen molar-refractivity contribution in [3.05, 3.63) is 24.2 Å². The van der Waals surface area contributed by atoms with Crippen LogP contribution in [0.15, 0.2) is 22.8 Å². The molecule has 3 heterocycles. The first-order chi connectivity index (χ1) is 12.1. The molecule has 2 fully saturated rings. The third kappa shape index (κ3) is 4.83. The SMILES string of the molecule is O=C(O)CC1CCN(C(=O)c2ccco2)CC1CCN1CCOCC1. The summed E-state index contributed by atoms with van der Waals surface area (Å²) >= 11 is 0. The predicted molar refractivity (Wildman–Crippen MR) is 90.3 cm³/mol. The minimum atomic E-state index is -0.757. The average molecular weight is 350 g/mol. The van der Waals surface area contributed by atoms with Crippen LogP contribution < -0.4 is 0 Å². The molecule has 0 spiro atoms. The predicted octanol–water partition coefficient (Wildman–Crippen LogP) is 1.55. The van der Waals surface area contributed by atoms with Crippen LogP contribution in [0, 0.1) is 11.8 Å². The molecule has 138 valence electrons. The van der Waals surface area contributed by atoms with Crippen LogP contribution in [-0.4, -0.2) is 72.7 Å². The fourth-order valence-electron chi connectivity index (χ4n) is 3.81. The number of aliphatic carboxylic acids is 1. The number of morpholine rings is 1. The fraction of sp³-hybridized carbons (Fsp3) is 0.667. The highest BCUT2D eigenvalue weighted by Crippen LogP contribution is 2.30. The molecule has 1 aromatic heterocycles. The van der Waals surface area contributed by atoms with Gasteiger partial charge in [0, 0.05) is 32.6 Å². The van der Waals surface area contributed by atoms with Gasteiger partial charge in [-0.2, -0.15) is 0 Å². The smallest absolute Gasteiger partial charge is 0.303 e. The Morgan fingerprint density at radius 1 is 1.20 bits per heavy atom. The number of furan rings is 1. The summed E-state index contributed by atoms with van der Waals surface area (Å²) in [5.74, 6) is -0.184. The van der Waals surface area contributed by atoms with E-state index in [-0.39, 0.29) is 24.2 Å². The van der Waals surface area contributed by atoms with Gasteiger partial charge >= 0.3 is 5.97 Å². The maximum absolute atomic E-state index is 12.5. The van der Waals surface area contributed by atoms with Gasteiger partial charge in [0.15, 0.2) is 5.76 Å². The Morgan fingerprint density at radius 3 is 2.68 bits per heavy atom. The van der Waals surface area contributed by atoms with Gasteiger partial charge in [-0.1, -0.05) is 0 Å². The van der Waals surface area contributed by atoms with E-state index < -0.39 is 5.97 Å². The van der Waals surface area contributed by atoms with E-state index in [1.807, 2.05) is 0 Å². The number of carbonyl (C=O) groups is 2. The van der Waals surface area contributed by atoms with E-state index in [4.69, 9.17) is 9.15 Å². The Bertz CT molecular complexity index is 568. The lowest BCUT2D eigenvalue weighted by Gasteiger charge is -2.39. The number of likely N-dealkylation sites (tertiary alicyclic amines) is 1. The number of carboxylic acids is 1. The quantitative estimate of drug-likeness (QED) is 0.838. The molecular formula is C18H26N2O5. The maximum Gasteiger partial charge on any atom is 0.303 e. The van der Waals surface area contributed by atoms with Gasteiger partial charge in [-0.05, 0) is 43.4 Å². The molecule has 2 atom stereocenters. The summed E-state index contributed by atoms with van der Waals surface area (Å²) in [6.45, 7) is 5.47. The van der Waals surface area contributed by atoms with Crippen molar-refractivity contribution < 1.29 is 23.8 Å². The number of hydrogen-bond acceptors (Lipinski definition) is 5. The number of piperidine rings is 1. The van der Waals surface area contributed by atoms with Crippen LogP contribution >= 0.6 is 0 Å². The number of hydrogen-bond donors (Lipinski definition) is 1. The molecule has 2 aliphatic heterocycles. The summed E-state index contributed by atoms with van der Waals surface area (Å²) in [7, 11) is 0. The summed E-state index contributed by atoms with van der Waals surface area (Å²) in [4.78, 5) is 27.9. The number of amides is 1. The third-order valence-electron chi connectivity index (χ3n) is 5.27. The molecule has 2 aliphatic rings. The van der Waals surface area contributed by atoms with Crippen LogP contribution in [0.4, 0.5) is 0 Å². The second-order valence-electron chi connectivity index (χ2n) is 6.88. The molecule has 1 N–H and O–H groups in total. The molecular weight excluding hydrogens is 324 g/mol. The standard InChI is InChI=1S/C18H26N2O5/c21-17(22)12-14-4-6-20(18(23)16-2-1-9-25-16)13-15(14)3-5-19-7-10-24-11-8-19/h1-2,9,14-15H,3-8,10-13H2,(H,21,22). The van der Waals surface area contributed by atoms with Gasteiger partial charge < -0.3 is 19.2 Å². The number of rotatable bonds is 6. The number of carboxylic acid groups (broad SMARTS) is 1.